The van der Waals surface area contributed by atoms with Crippen molar-refractivity contribution in [2.75, 3.05) is 57.8 Å². The number of likely N-dealkylation sites (N-methyl/N-ethyl adjacent to an activating group) is 1. The molecule has 0 amide bonds. The number of aryl methyl sites for hydroxylation is 1. The third-order valence-electron chi connectivity index (χ3n) is 6.98. The summed E-state index contributed by atoms with van der Waals surface area (Å²) in [6, 6.07) is 13.4. The Kier molecular flexibility index (Phi) is 6.23. The van der Waals surface area contributed by atoms with Crippen LogP contribution in [0.3, 0.4) is 0 Å². The monoisotopic (exact) mass is 417 g/mol. The van der Waals surface area contributed by atoms with Crippen LogP contribution in [-0.2, 0) is 6.42 Å². The van der Waals surface area contributed by atoms with Crippen molar-refractivity contribution >= 4 is 16.6 Å². The number of piperidine rings is 1. The molecule has 2 aromatic heterocycles. The molecule has 31 heavy (non-hydrogen) atoms. The predicted molar refractivity (Wildman–Crippen MR) is 130 cm³/mol. The molecule has 5 heteroatoms. The van der Waals surface area contributed by atoms with E-state index in [1.54, 1.807) is 0 Å². The van der Waals surface area contributed by atoms with Gasteiger partial charge in [-0.1, -0.05) is 18.6 Å². The number of H-pyrrole nitrogens is 1. The molecule has 2 fully saturated rings. The molecule has 0 radical (unpaired) electrons. The van der Waals surface area contributed by atoms with Gasteiger partial charge in [0.15, 0.2) is 0 Å². The maximum Gasteiger partial charge on any atom is 0.0795 e. The number of likely N-dealkylation sites (tertiary alicyclic amines) is 1. The molecular weight excluding hydrogens is 382 g/mol. The van der Waals surface area contributed by atoms with Crippen LogP contribution in [0.2, 0.25) is 0 Å². The Balaban J connectivity index is 1.28. The molecule has 5 nitrogen and oxygen atoms in total. The second-order valence-corrected chi connectivity index (χ2v) is 9.26. The fraction of sp³-hybridized carbons (Fsp3) is 0.500. The Labute approximate surface area is 186 Å². The number of piperazine rings is 1. The average molecular weight is 418 g/mol. The molecule has 0 unspecified atom stereocenters. The first-order valence-electron chi connectivity index (χ1n) is 12.0. The van der Waals surface area contributed by atoms with Crippen molar-refractivity contribution in [1.29, 1.82) is 0 Å². The van der Waals surface area contributed by atoms with Crippen LogP contribution in [0.1, 0.15) is 31.4 Å². The number of aromatic nitrogens is 2. The second-order valence-electron chi connectivity index (χ2n) is 9.26. The average Bonchev–Trinajstić information content (AvgIpc) is 3.23. The maximum atomic E-state index is 4.75. The van der Waals surface area contributed by atoms with Crippen molar-refractivity contribution in [3.05, 3.63) is 48.3 Å². The van der Waals surface area contributed by atoms with E-state index in [4.69, 9.17) is 4.98 Å². The first kappa shape index (κ1) is 20.5. The number of aromatic amines is 1. The predicted octanol–water partition coefficient (Wildman–Crippen LogP) is 4.40. The van der Waals surface area contributed by atoms with Gasteiger partial charge in [0, 0.05) is 60.2 Å². The van der Waals surface area contributed by atoms with Gasteiger partial charge in [-0.25, -0.2) is 0 Å². The fourth-order valence-corrected chi connectivity index (χ4v) is 5.05. The molecule has 4 heterocycles. The van der Waals surface area contributed by atoms with E-state index in [9.17, 15) is 0 Å². The summed E-state index contributed by atoms with van der Waals surface area (Å²) < 4.78 is 0. The number of anilines is 1. The Morgan fingerprint density at radius 3 is 2.45 bits per heavy atom. The van der Waals surface area contributed by atoms with Crippen LogP contribution in [0.25, 0.3) is 22.2 Å². The first-order valence-corrected chi connectivity index (χ1v) is 12.0. The van der Waals surface area contributed by atoms with E-state index in [-0.39, 0.29) is 0 Å². The molecule has 2 aliphatic rings. The van der Waals surface area contributed by atoms with Crippen LogP contribution in [0.5, 0.6) is 0 Å². The molecule has 2 saturated heterocycles. The van der Waals surface area contributed by atoms with E-state index in [2.05, 4.69) is 63.1 Å². The second kappa shape index (κ2) is 9.41. The van der Waals surface area contributed by atoms with Crippen molar-refractivity contribution in [3.8, 4) is 11.3 Å². The van der Waals surface area contributed by atoms with E-state index in [0.717, 1.165) is 38.3 Å². The highest BCUT2D eigenvalue weighted by molar-refractivity contribution is 5.93. The number of benzene rings is 1. The summed E-state index contributed by atoms with van der Waals surface area (Å²) in [5.41, 5.74) is 6.12. The number of hydrogen-bond acceptors (Lipinski definition) is 4. The normalized spacial score (nSPS) is 18.7. The Morgan fingerprint density at radius 2 is 1.68 bits per heavy atom. The van der Waals surface area contributed by atoms with Crippen molar-refractivity contribution < 1.29 is 0 Å². The van der Waals surface area contributed by atoms with Crippen LogP contribution < -0.4 is 4.90 Å². The van der Waals surface area contributed by atoms with Crippen LogP contribution in [0.4, 0.5) is 5.69 Å². The molecule has 5 rings (SSSR count). The zero-order valence-corrected chi connectivity index (χ0v) is 18.8. The van der Waals surface area contributed by atoms with Crippen LogP contribution >= 0.6 is 0 Å². The Bertz CT molecular complexity index is 979. The fourth-order valence-electron chi connectivity index (χ4n) is 5.05. The molecule has 2 aliphatic heterocycles. The molecule has 0 bridgehead atoms. The molecular formula is C26H35N5. The van der Waals surface area contributed by atoms with Crippen LogP contribution in [0.15, 0.2) is 42.6 Å². The molecule has 3 aromatic rings. The number of pyridine rings is 1. The summed E-state index contributed by atoms with van der Waals surface area (Å²) in [7, 11) is 2.20. The highest BCUT2D eigenvalue weighted by Gasteiger charge is 2.15. The minimum Gasteiger partial charge on any atom is -0.369 e. The molecule has 0 spiro atoms. The number of nitrogens with zero attached hydrogens (tertiary/aromatic N) is 4. The van der Waals surface area contributed by atoms with Crippen molar-refractivity contribution in [3.63, 3.8) is 0 Å². The SMILES string of the molecule is CN1CCN(c2ccc(-c3nccc4[nH]c(CCCN5CCCCC5)cc34)cc2)CC1. The van der Waals surface area contributed by atoms with E-state index >= 15 is 0 Å². The topological polar surface area (TPSA) is 38.4 Å². The number of rotatable bonds is 6. The summed E-state index contributed by atoms with van der Waals surface area (Å²) in [5, 5.41) is 1.24. The number of fused-ring (bicyclic) bond motifs is 1. The summed E-state index contributed by atoms with van der Waals surface area (Å²) in [6.07, 6.45) is 8.40. The molecule has 0 saturated carbocycles. The van der Waals surface area contributed by atoms with Crippen molar-refractivity contribution in [1.82, 2.24) is 19.8 Å². The maximum absolute atomic E-state index is 4.75. The minimum absolute atomic E-state index is 1.08. The molecule has 164 valence electrons. The third-order valence-corrected chi connectivity index (χ3v) is 6.98. The van der Waals surface area contributed by atoms with Gasteiger partial charge in [-0.2, -0.15) is 0 Å². The van der Waals surface area contributed by atoms with Crippen LogP contribution in [0, 0.1) is 0 Å². The number of nitrogens with one attached hydrogen (secondary N) is 1. The highest BCUT2D eigenvalue weighted by atomic mass is 15.2. The lowest BCUT2D eigenvalue weighted by Crippen LogP contribution is -2.44. The van der Waals surface area contributed by atoms with Crippen LogP contribution in [-0.4, -0.2) is 72.6 Å². The molecule has 0 aliphatic carbocycles. The Hall–Kier alpha value is -2.37. The van der Waals surface area contributed by atoms with Gasteiger partial charge >= 0.3 is 0 Å². The van der Waals surface area contributed by atoms with Gasteiger partial charge in [-0.3, -0.25) is 4.98 Å². The van der Waals surface area contributed by atoms with Gasteiger partial charge in [-0.05, 0) is 76.6 Å². The van der Waals surface area contributed by atoms with Gasteiger partial charge in [0.2, 0.25) is 0 Å². The lowest BCUT2D eigenvalue weighted by molar-refractivity contribution is 0.226. The van der Waals surface area contributed by atoms with Gasteiger partial charge in [0.05, 0.1) is 5.69 Å². The molecule has 1 N–H and O–H groups in total. The van der Waals surface area contributed by atoms with Gasteiger partial charge < -0.3 is 19.7 Å². The number of hydrogen-bond donors (Lipinski definition) is 1. The van der Waals surface area contributed by atoms with Gasteiger partial charge in [-0.15, -0.1) is 0 Å². The lowest BCUT2D eigenvalue weighted by atomic mass is 10.1. The third kappa shape index (κ3) is 4.78. The van der Waals surface area contributed by atoms with Crippen molar-refractivity contribution in [2.24, 2.45) is 0 Å². The zero-order valence-electron chi connectivity index (χ0n) is 18.8. The van der Waals surface area contributed by atoms with Gasteiger partial charge in [0.25, 0.3) is 0 Å². The highest BCUT2D eigenvalue weighted by Crippen LogP contribution is 2.29. The largest absolute Gasteiger partial charge is 0.369 e. The first-order chi connectivity index (χ1) is 15.3. The summed E-state index contributed by atoms with van der Waals surface area (Å²) in [6.45, 7) is 8.24. The van der Waals surface area contributed by atoms with E-state index in [1.165, 1.54) is 73.2 Å². The van der Waals surface area contributed by atoms with E-state index in [0.29, 0.717) is 0 Å². The zero-order chi connectivity index (χ0) is 21.0. The standard InChI is InChI=1S/C26H35N5/c1-29-16-18-31(19-17-29)23-9-7-21(8-10-23)26-24-20-22(28-25(24)11-12-27-26)6-5-15-30-13-3-2-4-14-30/h7-12,20,28H,2-6,13-19H2,1H3. The quantitative estimate of drug-likeness (QED) is 0.645. The smallest absolute Gasteiger partial charge is 0.0795 e. The summed E-state index contributed by atoms with van der Waals surface area (Å²) in [4.78, 5) is 15.9. The summed E-state index contributed by atoms with van der Waals surface area (Å²) in [5.74, 6) is 0. The minimum atomic E-state index is 1.08. The van der Waals surface area contributed by atoms with E-state index < -0.39 is 0 Å². The molecule has 1 aromatic carbocycles. The molecule has 0 atom stereocenters. The van der Waals surface area contributed by atoms with Gasteiger partial charge in [0.1, 0.15) is 0 Å². The van der Waals surface area contributed by atoms with Crippen molar-refractivity contribution in [2.45, 2.75) is 32.1 Å². The van der Waals surface area contributed by atoms with E-state index in [1.807, 2.05) is 6.20 Å². The Morgan fingerprint density at radius 1 is 0.903 bits per heavy atom. The lowest BCUT2D eigenvalue weighted by Gasteiger charge is -2.34. The summed E-state index contributed by atoms with van der Waals surface area (Å²) >= 11 is 0.